The summed E-state index contributed by atoms with van der Waals surface area (Å²) in [5, 5.41) is 21.0. The molecule has 4 aromatic rings. The minimum atomic E-state index is -0.961. The van der Waals surface area contributed by atoms with Crippen molar-refractivity contribution in [3.8, 4) is 5.75 Å². The van der Waals surface area contributed by atoms with Gasteiger partial charge in [0.05, 0.1) is 6.26 Å². The predicted molar refractivity (Wildman–Crippen MR) is 105 cm³/mol. The second-order valence-electron chi connectivity index (χ2n) is 6.49. The summed E-state index contributed by atoms with van der Waals surface area (Å²) < 4.78 is 5.40. The van der Waals surface area contributed by atoms with E-state index in [0.29, 0.717) is 11.3 Å². The van der Waals surface area contributed by atoms with Crippen LogP contribution in [0.3, 0.4) is 0 Å². The van der Waals surface area contributed by atoms with Crippen LogP contribution in [0.2, 0.25) is 0 Å². The molecule has 0 radical (unpaired) electrons. The zero-order chi connectivity index (χ0) is 18.6. The van der Waals surface area contributed by atoms with Crippen molar-refractivity contribution in [2.45, 2.75) is 12.0 Å². The third-order valence-electron chi connectivity index (χ3n) is 4.75. The quantitative estimate of drug-likeness (QED) is 0.480. The first-order valence-corrected chi connectivity index (χ1v) is 8.88. The third kappa shape index (κ3) is 3.50. The molecule has 134 valence electrons. The number of phenolic OH excluding ortho intramolecular Hbond substituents is 1. The first kappa shape index (κ1) is 17.1. The minimum absolute atomic E-state index is 0.0763. The van der Waals surface area contributed by atoms with Crippen LogP contribution < -0.4 is 0 Å². The number of rotatable bonds is 5. The van der Waals surface area contributed by atoms with Crippen LogP contribution in [0.25, 0.3) is 0 Å². The Balaban J connectivity index is 1.91. The predicted octanol–water partition coefficient (Wildman–Crippen LogP) is 5.25. The lowest BCUT2D eigenvalue weighted by molar-refractivity contribution is 0.188. The van der Waals surface area contributed by atoms with Gasteiger partial charge in [0, 0.05) is 5.92 Å². The molecule has 3 aromatic carbocycles. The smallest absolute Gasteiger partial charge is 0.137 e. The Labute approximate surface area is 158 Å². The van der Waals surface area contributed by atoms with Gasteiger partial charge in [0.2, 0.25) is 0 Å². The number of benzene rings is 3. The topological polar surface area (TPSA) is 53.6 Å². The van der Waals surface area contributed by atoms with E-state index in [0.717, 1.165) is 16.7 Å². The molecule has 1 unspecified atom stereocenters. The number of furan rings is 1. The van der Waals surface area contributed by atoms with E-state index in [2.05, 4.69) is 24.3 Å². The van der Waals surface area contributed by atoms with Gasteiger partial charge in [-0.1, -0.05) is 66.7 Å². The fourth-order valence-electron chi connectivity index (χ4n) is 3.50. The summed E-state index contributed by atoms with van der Waals surface area (Å²) in [4.78, 5) is 0. The highest BCUT2D eigenvalue weighted by Crippen LogP contribution is 2.38. The molecule has 1 aromatic heterocycles. The van der Waals surface area contributed by atoms with Gasteiger partial charge in [0.1, 0.15) is 17.6 Å². The van der Waals surface area contributed by atoms with Crippen LogP contribution in [0.1, 0.15) is 40.0 Å². The number of aliphatic hydroxyl groups excluding tert-OH is 1. The minimum Gasteiger partial charge on any atom is -0.508 e. The Morgan fingerprint density at radius 3 is 1.85 bits per heavy atom. The zero-order valence-corrected chi connectivity index (χ0v) is 14.7. The van der Waals surface area contributed by atoms with Crippen LogP contribution in [-0.4, -0.2) is 10.2 Å². The molecular weight excluding hydrogens is 336 g/mol. The number of hydrogen-bond donors (Lipinski definition) is 2. The van der Waals surface area contributed by atoms with Gasteiger partial charge >= 0.3 is 0 Å². The van der Waals surface area contributed by atoms with E-state index in [-0.39, 0.29) is 11.7 Å². The van der Waals surface area contributed by atoms with Crippen LogP contribution in [-0.2, 0) is 0 Å². The third-order valence-corrected chi connectivity index (χ3v) is 4.75. The van der Waals surface area contributed by atoms with Gasteiger partial charge in [-0.2, -0.15) is 0 Å². The van der Waals surface area contributed by atoms with Gasteiger partial charge in [-0.05, 0) is 46.5 Å². The molecule has 0 spiro atoms. The summed E-state index contributed by atoms with van der Waals surface area (Å²) >= 11 is 0. The summed E-state index contributed by atoms with van der Waals surface area (Å²) in [6.07, 6.45) is 0.574. The molecule has 0 aliphatic rings. The second-order valence-corrected chi connectivity index (χ2v) is 6.49. The highest BCUT2D eigenvalue weighted by molar-refractivity contribution is 5.50. The molecule has 1 atom stereocenters. The molecule has 3 heteroatoms. The zero-order valence-electron chi connectivity index (χ0n) is 14.7. The number of hydrogen-bond acceptors (Lipinski definition) is 3. The van der Waals surface area contributed by atoms with Crippen LogP contribution >= 0.6 is 0 Å². The van der Waals surface area contributed by atoms with Crippen LogP contribution in [0, 0.1) is 0 Å². The summed E-state index contributed by atoms with van der Waals surface area (Å²) in [6.45, 7) is 0. The van der Waals surface area contributed by atoms with E-state index in [1.807, 2.05) is 42.5 Å². The lowest BCUT2D eigenvalue weighted by Gasteiger charge is -2.24. The number of phenols is 1. The first-order valence-electron chi connectivity index (χ1n) is 8.88. The molecule has 0 bridgehead atoms. The Morgan fingerprint density at radius 1 is 0.667 bits per heavy atom. The Kier molecular flexibility index (Phi) is 4.77. The summed E-state index contributed by atoms with van der Waals surface area (Å²) in [5.41, 5.74) is 3.78. The van der Waals surface area contributed by atoms with E-state index < -0.39 is 6.10 Å². The maximum atomic E-state index is 10.9. The molecule has 27 heavy (non-hydrogen) atoms. The normalized spacial score (nSPS) is 12.2. The van der Waals surface area contributed by atoms with Crippen molar-refractivity contribution >= 4 is 0 Å². The molecule has 0 saturated carbocycles. The molecule has 0 amide bonds. The van der Waals surface area contributed by atoms with Gasteiger partial charge in [0.15, 0.2) is 0 Å². The average molecular weight is 356 g/mol. The Bertz CT molecular complexity index is 953. The van der Waals surface area contributed by atoms with Crippen LogP contribution in [0.5, 0.6) is 5.75 Å². The van der Waals surface area contributed by atoms with Gasteiger partial charge in [-0.15, -0.1) is 0 Å². The van der Waals surface area contributed by atoms with E-state index in [4.69, 9.17) is 4.42 Å². The van der Waals surface area contributed by atoms with E-state index in [9.17, 15) is 10.2 Å². The van der Waals surface area contributed by atoms with E-state index in [1.165, 1.54) is 6.26 Å². The summed E-state index contributed by atoms with van der Waals surface area (Å²) in [6, 6.07) is 28.9. The molecule has 0 saturated heterocycles. The van der Waals surface area contributed by atoms with Crippen LogP contribution in [0.4, 0.5) is 0 Å². The van der Waals surface area contributed by atoms with Crippen molar-refractivity contribution in [1.29, 1.82) is 0 Å². The van der Waals surface area contributed by atoms with Gasteiger partial charge in [0.25, 0.3) is 0 Å². The molecule has 2 N–H and O–H groups in total. The van der Waals surface area contributed by atoms with Crippen molar-refractivity contribution < 1.29 is 14.6 Å². The molecular formula is C24H20O3. The highest BCUT2D eigenvalue weighted by Gasteiger charge is 2.25. The van der Waals surface area contributed by atoms with Crippen molar-refractivity contribution in [1.82, 2.24) is 0 Å². The Hall–Kier alpha value is -3.30. The largest absolute Gasteiger partial charge is 0.508 e. The first-order chi connectivity index (χ1) is 13.2. The molecule has 1 heterocycles. The molecule has 0 fully saturated rings. The van der Waals surface area contributed by atoms with Crippen LogP contribution in [0.15, 0.2) is 102 Å². The summed E-state index contributed by atoms with van der Waals surface area (Å²) in [7, 11) is 0. The number of aromatic hydroxyl groups is 1. The highest BCUT2D eigenvalue weighted by atomic mass is 16.4. The maximum Gasteiger partial charge on any atom is 0.137 e. The van der Waals surface area contributed by atoms with Crippen molar-refractivity contribution in [3.63, 3.8) is 0 Å². The standard InChI is InChI=1S/C24H20O3/c25-19-13-14-20(21(16-19)24(26)22-12-7-15-27-22)23(17-8-3-1-4-9-17)18-10-5-2-6-11-18/h1-16,23-26H. The molecule has 3 nitrogen and oxygen atoms in total. The van der Waals surface area contributed by atoms with E-state index >= 15 is 0 Å². The molecule has 0 aliphatic heterocycles. The van der Waals surface area contributed by atoms with Gasteiger partial charge < -0.3 is 14.6 Å². The molecule has 4 rings (SSSR count). The Morgan fingerprint density at radius 2 is 1.30 bits per heavy atom. The van der Waals surface area contributed by atoms with E-state index in [1.54, 1.807) is 24.3 Å². The fraction of sp³-hybridized carbons (Fsp3) is 0.0833. The van der Waals surface area contributed by atoms with Gasteiger partial charge in [-0.3, -0.25) is 0 Å². The molecule has 0 aliphatic carbocycles. The van der Waals surface area contributed by atoms with Crippen molar-refractivity contribution in [3.05, 3.63) is 125 Å². The van der Waals surface area contributed by atoms with Crippen molar-refractivity contribution in [2.75, 3.05) is 0 Å². The lowest BCUT2D eigenvalue weighted by Crippen LogP contribution is -2.10. The SMILES string of the molecule is Oc1ccc(C(c2ccccc2)c2ccccc2)c(C(O)c2ccco2)c1. The summed E-state index contributed by atoms with van der Waals surface area (Å²) in [5.74, 6) is 0.480. The monoisotopic (exact) mass is 356 g/mol. The fourth-order valence-corrected chi connectivity index (χ4v) is 3.50. The average Bonchev–Trinajstić information content (AvgIpc) is 3.25. The number of aliphatic hydroxyl groups is 1. The lowest BCUT2D eigenvalue weighted by atomic mass is 9.81. The van der Waals surface area contributed by atoms with Gasteiger partial charge in [-0.25, -0.2) is 0 Å². The second kappa shape index (κ2) is 7.52. The maximum absolute atomic E-state index is 10.9. The van der Waals surface area contributed by atoms with Crippen molar-refractivity contribution in [2.24, 2.45) is 0 Å².